The van der Waals surface area contributed by atoms with Crippen LogP contribution in [0.2, 0.25) is 0 Å². The van der Waals surface area contributed by atoms with Gasteiger partial charge in [-0.15, -0.1) is 0 Å². The summed E-state index contributed by atoms with van der Waals surface area (Å²) in [6, 6.07) is 17.6. The van der Waals surface area contributed by atoms with E-state index in [-0.39, 0.29) is 11.8 Å². The topological polar surface area (TPSA) is 0 Å². The van der Waals surface area contributed by atoms with Crippen LogP contribution in [-0.4, -0.2) is 0 Å². The molecule has 0 spiro atoms. The van der Waals surface area contributed by atoms with Gasteiger partial charge in [-0.3, -0.25) is 0 Å². The molecule has 0 bridgehead atoms. The Hall–Kier alpha value is -3.64. The summed E-state index contributed by atoms with van der Waals surface area (Å²) in [5.74, 6) is 0.575. The summed E-state index contributed by atoms with van der Waals surface area (Å²) in [4.78, 5) is 0. The second-order valence-corrected chi connectivity index (χ2v) is 8.09. The molecule has 0 radical (unpaired) electrons. The molecule has 142 valence electrons. The lowest BCUT2D eigenvalue weighted by atomic mass is 9.78. The zero-order chi connectivity index (χ0) is 19.9. The van der Waals surface area contributed by atoms with Crippen molar-refractivity contribution in [2.24, 2.45) is 11.8 Å². The van der Waals surface area contributed by atoms with Crippen molar-refractivity contribution >= 4 is 23.3 Å². The second kappa shape index (κ2) is 7.00. The van der Waals surface area contributed by atoms with E-state index in [4.69, 9.17) is 0 Å². The first-order valence-corrected chi connectivity index (χ1v) is 10.6. The minimum Gasteiger partial charge on any atom is -0.0732 e. The van der Waals surface area contributed by atoms with Crippen molar-refractivity contribution < 1.29 is 0 Å². The van der Waals surface area contributed by atoms with Crippen LogP contribution in [0.1, 0.15) is 22.3 Å². The van der Waals surface area contributed by atoms with Crippen molar-refractivity contribution in [1.82, 2.24) is 0 Å². The largest absolute Gasteiger partial charge is 0.0732 e. The normalized spacial score (nSPS) is 22.9. The van der Waals surface area contributed by atoms with E-state index in [1.54, 1.807) is 0 Å². The molecule has 0 aliphatic heterocycles. The van der Waals surface area contributed by atoms with Gasteiger partial charge in [0.2, 0.25) is 0 Å². The molecule has 0 saturated heterocycles. The Morgan fingerprint density at radius 3 is 1.40 bits per heavy atom. The third kappa shape index (κ3) is 2.69. The van der Waals surface area contributed by atoms with Gasteiger partial charge in [0.25, 0.3) is 0 Å². The van der Waals surface area contributed by atoms with Crippen LogP contribution in [0.5, 0.6) is 0 Å². The average Bonchev–Trinajstić information content (AvgIpc) is 3.07. The van der Waals surface area contributed by atoms with Gasteiger partial charge in [-0.05, 0) is 44.5 Å². The molecule has 4 aliphatic carbocycles. The summed E-state index contributed by atoms with van der Waals surface area (Å²) >= 11 is 0. The Labute approximate surface area is 178 Å². The molecule has 2 unspecified atom stereocenters. The third-order valence-corrected chi connectivity index (χ3v) is 6.38. The quantitative estimate of drug-likeness (QED) is 0.481. The lowest BCUT2D eigenvalue weighted by Gasteiger charge is -2.25. The molecule has 2 aromatic rings. The van der Waals surface area contributed by atoms with E-state index < -0.39 is 0 Å². The molecule has 2 atom stereocenters. The minimum absolute atomic E-state index is 0.287. The van der Waals surface area contributed by atoms with Gasteiger partial charge in [-0.2, -0.15) is 0 Å². The van der Waals surface area contributed by atoms with Gasteiger partial charge >= 0.3 is 0 Å². The van der Waals surface area contributed by atoms with Crippen LogP contribution >= 0.6 is 0 Å². The molecule has 2 aromatic carbocycles. The molecule has 0 nitrogen and oxygen atoms in total. The lowest BCUT2D eigenvalue weighted by Crippen LogP contribution is -2.07. The zero-order valence-electron chi connectivity index (χ0n) is 16.7. The van der Waals surface area contributed by atoms with E-state index in [1.165, 1.54) is 44.5 Å². The second-order valence-electron chi connectivity index (χ2n) is 8.09. The van der Waals surface area contributed by atoms with Crippen LogP contribution in [0, 0.1) is 11.8 Å². The lowest BCUT2D eigenvalue weighted by molar-refractivity contribution is 0.998. The number of benzene rings is 2. The maximum absolute atomic E-state index is 2.33. The smallest absolute Gasteiger partial charge is 0.0211 e. The minimum atomic E-state index is 0.287. The zero-order valence-corrected chi connectivity index (χ0v) is 16.7. The van der Waals surface area contributed by atoms with Crippen molar-refractivity contribution in [2.75, 3.05) is 0 Å². The highest BCUT2D eigenvalue weighted by Gasteiger charge is 2.28. The van der Waals surface area contributed by atoms with Gasteiger partial charge < -0.3 is 0 Å². The Morgan fingerprint density at radius 1 is 0.433 bits per heavy atom. The van der Waals surface area contributed by atoms with E-state index >= 15 is 0 Å². The van der Waals surface area contributed by atoms with E-state index in [0.29, 0.717) is 0 Å². The molecule has 30 heavy (non-hydrogen) atoms. The summed E-state index contributed by atoms with van der Waals surface area (Å²) in [5, 5.41) is 0. The summed E-state index contributed by atoms with van der Waals surface area (Å²) in [6.45, 7) is 0. The first-order chi connectivity index (χ1) is 14.9. The Morgan fingerprint density at radius 2 is 0.900 bits per heavy atom. The van der Waals surface area contributed by atoms with E-state index in [0.717, 1.165) is 0 Å². The summed E-state index contributed by atoms with van der Waals surface area (Å²) in [5.41, 5.74) is 10.7. The van der Waals surface area contributed by atoms with Crippen LogP contribution in [0.25, 0.3) is 23.3 Å². The number of fused-ring (bicyclic) bond motifs is 4. The molecule has 0 aromatic heterocycles. The maximum atomic E-state index is 2.33. The fourth-order valence-corrected chi connectivity index (χ4v) is 4.98. The van der Waals surface area contributed by atoms with Crippen molar-refractivity contribution in [3.63, 3.8) is 0 Å². The number of rotatable bonds is 1. The van der Waals surface area contributed by atoms with Crippen LogP contribution in [0.3, 0.4) is 0 Å². The van der Waals surface area contributed by atoms with Crippen molar-refractivity contribution in [3.8, 4) is 0 Å². The van der Waals surface area contributed by atoms with Crippen LogP contribution in [0.4, 0.5) is 0 Å². The summed E-state index contributed by atoms with van der Waals surface area (Å²) in [6.07, 6.45) is 27.1. The predicted molar refractivity (Wildman–Crippen MR) is 128 cm³/mol. The van der Waals surface area contributed by atoms with E-state index in [2.05, 4.69) is 121 Å². The molecule has 0 saturated carbocycles. The summed E-state index contributed by atoms with van der Waals surface area (Å²) < 4.78 is 0. The monoisotopic (exact) mass is 382 g/mol. The van der Waals surface area contributed by atoms with Crippen molar-refractivity contribution in [2.45, 2.75) is 0 Å². The maximum Gasteiger partial charge on any atom is 0.0211 e. The van der Waals surface area contributed by atoms with Crippen LogP contribution < -0.4 is 0 Å². The first kappa shape index (κ1) is 17.2. The molecule has 6 rings (SSSR count). The fourth-order valence-electron chi connectivity index (χ4n) is 4.98. The number of hydrogen-bond acceptors (Lipinski definition) is 0. The summed E-state index contributed by atoms with van der Waals surface area (Å²) in [7, 11) is 0. The highest BCUT2D eigenvalue weighted by molar-refractivity contribution is 6.12. The third-order valence-electron chi connectivity index (χ3n) is 6.38. The Balaban J connectivity index is 1.75. The predicted octanol–water partition coefficient (Wildman–Crippen LogP) is 7.43. The standard InChI is InChI=1S/C30H22/c1-5-13-25-21(9-1)17-18-22-10-2-6-14-26(22)29(25)30-27-15-7-3-11-23(27)19-20-24-12-4-8-16-28(24)30/h1-21,23H. The highest BCUT2D eigenvalue weighted by Crippen LogP contribution is 2.47. The van der Waals surface area contributed by atoms with Crippen LogP contribution in [0.15, 0.2) is 120 Å². The fraction of sp³-hybridized carbons (Fsp3) is 0.0667. The SMILES string of the molecule is C1=CC2=C(C3=C4C=CC=CC4C=Cc4ccccc43)c3ccccc3C=CC2C=C1. The van der Waals surface area contributed by atoms with Crippen LogP contribution in [-0.2, 0) is 0 Å². The Kier molecular flexibility index (Phi) is 4.02. The van der Waals surface area contributed by atoms with Crippen molar-refractivity contribution in [3.05, 3.63) is 143 Å². The molecule has 4 aliphatic rings. The van der Waals surface area contributed by atoms with Gasteiger partial charge in [-0.1, -0.05) is 121 Å². The van der Waals surface area contributed by atoms with Gasteiger partial charge in [0, 0.05) is 11.8 Å². The van der Waals surface area contributed by atoms with Crippen molar-refractivity contribution in [1.29, 1.82) is 0 Å². The molecule has 0 heterocycles. The first-order valence-electron chi connectivity index (χ1n) is 10.6. The van der Waals surface area contributed by atoms with Gasteiger partial charge in [0.1, 0.15) is 0 Å². The molecule has 0 fully saturated rings. The average molecular weight is 383 g/mol. The number of allylic oxidation sites excluding steroid dienone is 14. The Bertz CT molecular complexity index is 1180. The van der Waals surface area contributed by atoms with Gasteiger partial charge in [-0.25, -0.2) is 0 Å². The number of hydrogen-bond donors (Lipinski definition) is 0. The molecule has 0 N–H and O–H groups in total. The van der Waals surface area contributed by atoms with E-state index in [1.807, 2.05) is 0 Å². The molecular formula is C30H22. The molecular weight excluding hydrogens is 360 g/mol. The van der Waals surface area contributed by atoms with Gasteiger partial charge in [0.05, 0.1) is 0 Å². The van der Waals surface area contributed by atoms with E-state index in [9.17, 15) is 0 Å². The molecule has 0 amide bonds. The highest BCUT2D eigenvalue weighted by atomic mass is 14.3. The molecule has 0 heteroatoms. The van der Waals surface area contributed by atoms with Gasteiger partial charge in [0.15, 0.2) is 0 Å².